The molecule has 14 aromatic rings. The van der Waals surface area contributed by atoms with Crippen LogP contribution in [0.15, 0.2) is 323 Å². The van der Waals surface area contributed by atoms with Crippen LogP contribution >= 0.6 is 22.4 Å². The molecule has 14 aromatic carbocycles. The van der Waals surface area contributed by atoms with Crippen molar-refractivity contribution in [2.45, 2.75) is 99.2 Å². The van der Waals surface area contributed by atoms with Gasteiger partial charge in [0.25, 0.3) is 0 Å². The average molecular weight is 1370 g/mol. The molecule has 0 unspecified atom stereocenters. The molecule has 0 bridgehead atoms. The third-order valence-electron chi connectivity index (χ3n) is 20.7. The van der Waals surface area contributed by atoms with Crippen LogP contribution < -0.4 is 20.7 Å². The SMILES string of the molecule is CC(C)(C)[Si](Sc1ccc(-c2ccc3ccccc3c2-c2c(O)c(C=N[C@H]3CCCC[C@@H]3N=Cc3cc4ccccc4c(-c4c(-c5ccc(S[Si](c6ccccc6)(c6ccccc6)C(C)(C)C)cc5)ccc5ccccc45)c3O)cc3ccccc23)cc1)(c1ccccc1)c1ccccc1. The minimum Gasteiger partial charge on any atom is -0.507 e. The van der Waals surface area contributed by atoms with Gasteiger partial charge in [-0.1, -0.05) is 321 Å². The van der Waals surface area contributed by atoms with Crippen molar-refractivity contribution in [3.63, 3.8) is 0 Å². The van der Waals surface area contributed by atoms with E-state index in [0.29, 0.717) is 11.1 Å². The second-order valence-electron chi connectivity index (χ2n) is 28.8. The lowest BCUT2D eigenvalue weighted by Gasteiger charge is -2.43. The van der Waals surface area contributed by atoms with Gasteiger partial charge in [-0.3, -0.25) is 9.98 Å². The molecule has 0 spiro atoms. The van der Waals surface area contributed by atoms with E-state index in [4.69, 9.17) is 9.98 Å². The maximum Gasteiger partial charge on any atom is 0.189 e. The zero-order valence-electron chi connectivity index (χ0n) is 57.6. The van der Waals surface area contributed by atoms with Gasteiger partial charge in [-0.05, 0) is 145 Å². The highest BCUT2D eigenvalue weighted by Crippen LogP contribution is 2.52. The Morgan fingerprint density at radius 2 is 0.620 bits per heavy atom. The molecular weight excluding hydrogens is 1290 g/mol. The lowest BCUT2D eigenvalue weighted by molar-refractivity contribution is 0.390. The highest BCUT2D eigenvalue weighted by Gasteiger charge is 2.50. The van der Waals surface area contributed by atoms with Gasteiger partial charge in [-0.15, -0.1) is 22.4 Å². The lowest BCUT2D eigenvalue weighted by atomic mass is 9.86. The highest BCUT2D eigenvalue weighted by atomic mass is 32.4. The molecule has 492 valence electrons. The Bertz CT molecular complexity index is 4950. The van der Waals surface area contributed by atoms with Gasteiger partial charge in [0.1, 0.15) is 11.5 Å². The van der Waals surface area contributed by atoms with E-state index in [1.165, 1.54) is 30.5 Å². The summed E-state index contributed by atoms with van der Waals surface area (Å²) in [6, 6.07) is 110. The first kappa shape index (κ1) is 66.1. The van der Waals surface area contributed by atoms with Crippen molar-refractivity contribution < 1.29 is 10.2 Å². The van der Waals surface area contributed by atoms with Crippen LogP contribution in [-0.2, 0) is 0 Å². The molecule has 1 aliphatic carbocycles. The normalized spacial score (nSPS) is 14.8. The van der Waals surface area contributed by atoms with Gasteiger partial charge >= 0.3 is 0 Å². The number of phenolic OH excluding ortho intramolecular Hbond substituents is 2. The minimum absolute atomic E-state index is 0.0220. The van der Waals surface area contributed by atoms with E-state index in [1.54, 1.807) is 0 Å². The Balaban J connectivity index is 0.775. The van der Waals surface area contributed by atoms with Gasteiger partial charge in [0.05, 0.1) is 12.1 Å². The molecule has 2 N–H and O–H groups in total. The molecule has 1 fully saturated rings. The summed E-state index contributed by atoms with van der Waals surface area (Å²) in [4.78, 5) is 13.3. The molecule has 100 heavy (non-hydrogen) atoms. The maximum atomic E-state index is 13.1. The second kappa shape index (κ2) is 27.7. The van der Waals surface area contributed by atoms with Crippen LogP contribution in [0.2, 0.25) is 10.1 Å². The van der Waals surface area contributed by atoms with Crippen LogP contribution in [0.3, 0.4) is 0 Å². The molecule has 1 saturated carbocycles. The predicted molar refractivity (Wildman–Crippen MR) is 436 cm³/mol. The lowest BCUT2D eigenvalue weighted by Crippen LogP contribution is -2.61. The first-order valence-electron chi connectivity index (χ1n) is 35.1. The first-order chi connectivity index (χ1) is 48.7. The van der Waals surface area contributed by atoms with Crippen molar-refractivity contribution in [2.24, 2.45) is 9.98 Å². The molecule has 0 aliphatic heterocycles. The van der Waals surface area contributed by atoms with Crippen LogP contribution in [0, 0.1) is 0 Å². The standard InChI is InChI=1S/C92H82N2O2S2Si2/c1-91(2,3)99(73-33-11-7-12-34-73,74-35-13-8-14-36-74)97-71-53-47-65(48-54-71)81-57-51-63-29-19-23-41-77(63)85(81)87-79-43-25-21-31-67(79)59-69(89(87)95)61-93-83-45-27-28-46-84(83)94-62-70-60-68-32-22-26-44-80(68)88(90(70)96)86-78-42-24-20-30-64(78)52-58-82(86)66-49-55-72(56-50-66)98-100(92(4,5)6,75-37-15-9-16-38-75)76-39-17-10-18-40-76/h7-26,29-44,47-62,83-84,95-96H,27-28,45-46H2,1-6H3/t83-,84-/m0/s1. The quantitative estimate of drug-likeness (QED) is 0.0747. The van der Waals surface area contributed by atoms with Crippen molar-refractivity contribution in [2.75, 3.05) is 0 Å². The van der Waals surface area contributed by atoms with E-state index in [2.05, 4.69) is 345 Å². The van der Waals surface area contributed by atoms with Crippen molar-refractivity contribution in [1.82, 2.24) is 0 Å². The number of aromatic hydroxyl groups is 2. The number of aliphatic imine (C=N–C) groups is 2. The Morgan fingerprint density at radius 3 is 0.940 bits per heavy atom. The van der Waals surface area contributed by atoms with Crippen LogP contribution in [0.25, 0.3) is 87.6 Å². The molecule has 0 aromatic heterocycles. The Kier molecular flexibility index (Phi) is 18.3. The Morgan fingerprint density at radius 1 is 0.330 bits per heavy atom. The fourth-order valence-corrected chi connectivity index (χ4v) is 32.8. The van der Waals surface area contributed by atoms with E-state index in [-0.39, 0.29) is 33.7 Å². The monoisotopic (exact) mass is 1370 g/mol. The predicted octanol–water partition coefficient (Wildman–Crippen LogP) is 22.5. The number of phenols is 2. The van der Waals surface area contributed by atoms with Crippen LogP contribution in [0.5, 0.6) is 11.5 Å². The molecule has 0 saturated heterocycles. The van der Waals surface area contributed by atoms with Crippen molar-refractivity contribution >= 4 is 113 Å². The zero-order chi connectivity index (χ0) is 68.6. The summed E-state index contributed by atoms with van der Waals surface area (Å²) in [7, 11) is -4.98. The van der Waals surface area contributed by atoms with Gasteiger partial charge in [-0.25, -0.2) is 0 Å². The molecule has 0 heterocycles. The number of fused-ring (bicyclic) bond motifs is 4. The number of rotatable bonds is 16. The Labute approximate surface area is 598 Å². The van der Waals surface area contributed by atoms with Crippen molar-refractivity contribution in [3.8, 4) is 56.0 Å². The molecule has 8 heteroatoms. The number of hydrogen-bond acceptors (Lipinski definition) is 6. The van der Waals surface area contributed by atoms with Crippen LogP contribution in [-0.4, -0.2) is 49.2 Å². The molecule has 4 nitrogen and oxygen atoms in total. The van der Waals surface area contributed by atoms with Gasteiger partial charge in [-0.2, -0.15) is 0 Å². The van der Waals surface area contributed by atoms with E-state index in [0.717, 1.165) is 113 Å². The summed E-state index contributed by atoms with van der Waals surface area (Å²) >= 11 is 4.09. The van der Waals surface area contributed by atoms with Crippen molar-refractivity contribution in [1.29, 1.82) is 0 Å². The van der Waals surface area contributed by atoms with Gasteiger partial charge in [0, 0.05) is 55.6 Å². The van der Waals surface area contributed by atoms with Gasteiger partial charge < -0.3 is 10.2 Å². The summed E-state index contributed by atoms with van der Waals surface area (Å²) in [6.07, 6.45) is 7.54. The topological polar surface area (TPSA) is 65.2 Å². The van der Waals surface area contributed by atoms with E-state index >= 15 is 0 Å². The summed E-state index contributed by atoms with van der Waals surface area (Å²) in [5.74, 6) is 0.391. The summed E-state index contributed by atoms with van der Waals surface area (Å²) in [5.41, 5.74) is 9.11. The minimum atomic E-state index is -2.49. The van der Waals surface area contributed by atoms with E-state index < -0.39 is 14.4 Å². The molecule has 15 rings (SSSR count). The van der Waals surface area contributed by atoms with Gasteiger partial charge in [0.2, 0.25) is 0 Å². The summed E-state index contributed by atoms with van der Waals surface area (Å²) in [6.45, 7) is 14.5. The average Bonchev–Trinajstić information content (AvgIpc) is 0.758. The van der Waals surface area contributed by atoms with Gasteiger partial charge in [0.15, 0.2) is 14.4 Å². The first-order valence-corrected chi connectivity index (χ1v) is 42.2. The van der Waals surface area contributed by atoms with Crippen molar-refractivity contribution in [3.05, 3.63) is 314 Å². The Hall–Kier alpha value is -9.81. The van der Waals surface area contributed by atoms with Crippen LogP contribution in [0.1, 0.15) is 78.4 Å². The molecule has 0 amide bonds. The maximum absolute atomic E-state index is 13.1. The zero-order valence-corrected chi connectivity index (χ0v) is 61.2. The number of hydrogen-bond donors (Lipinski definition) is 2. The van der Waals surface area contributed by atoms with E-state index in [1.807, 2.05) is 34.9 Å². The highest BCUT2D eigenvalue weighted by molar-refractivity contribution is 8.32. The summed E-state index contributed by atoms with van der Waals surface area (Å²) < 4.78 is 0. The third kappa shape index (κ3) is 12.3. The smallest absolute Gasteiger partial charge is 0.189 e. The van der Waals surface area contributed by atoms with Crippen LogP contribution in [0.4, 0.5) is 0 Å². The van der Waals surface area contributed by atoms with E-state index in [9.17, 15) is 10.2 Å². The fourth-order valence-electron chi connectivity index (χ4n) is 15.8. The molecule has 0 radical (unpaired) electrons. The second-order valence-corrected chi connectivity index (χ2v) is 43.1. The molecule has 1 aliphatic rings. The molecular formula is C92H82N2O2S2Si2. The third-order valence-corrected chi connectivity index (χ3v) is 40.9. The molecule has 2 atom stereocenters. The number of nitrogens with zero attached hydrogens (tertiary/aromatic N) is 2. The largest absolute Gasteiger partial charge is 0.507 e. The fraction of sp³-hybridized carbons (Fsp3) is 0.152. The number of benzene rings is 14. The summed E-state index contributed by atoms with van der Waals surface area (Å²) in [5, 5.41) is 40.0.